The smallest absolute Gasteiger partial charge is 0.161 e. The highest BCUT2D eigenvalue weighted by molar-refractivity contribution is 5.69. The van der Waals surface area contributed by atoms with Gasteiger partial charge in [0.25, 0.3) is 0 Å². The van der Waals surface area contributed by atoms with E-state index in [-0.39, 0.29) is 0 Å². The molecule has 2 N–H and O–H groups in total. The normalized spacial score (nSPS) is 11.0. The summed E-state index contributed by atoms with van der Waals surface area (Å²) in [7, 11) is 3.25. The molecule has 0 unspecified atom stereocenters. The van der Waals surface area contributed by atoms with Crippen molar-refractivity contribution in [2.24, 2.45) is 5.73 Å². The van der Waals surface area contributed by atoms with Crippen molar-refractivity contribution in [2.45, 2.75) is 13.5 Å². The number of hydrogen-bond donors (Lipinski definition) is 1. The lowest BCUT2D eigenvalue weighted by Gasteiger charge is -2.10. The van der Waals surface area contributed by atoms with Gasteiger partial charge in [0.15, 0.2) is 17.1 Å². The standard InChI is InChI=1S/C22H22N4O2/c1-14-22(16-6-4-15(13-23)5-7-16)26-21(24-14)11-9-18(25-26)17-8-10-19(27-2)20(12-17)28-3/h4-12H,13,23H2,1-3H3. The lowest BCUT2D eigenvalue weighted by molar-refractivity contribution is 0.355. The topological polar surface area (TPSA) is 74.7 Å². The van der Waals surface area contributed by atoms with Gasteiger partial charge in [-0.1, -0.05) is 24.3 Å². The van der Waals surface area contributed by atoms with Crippen LogP contribution >= 0.6 is 0 Å². The quantitative estimate of drug-likeness (QED) is 0.574. The number of nitrogens with two attached hydrogens (primary N) is 1. The molecule has 0 saturated carbocycles. The molecule has 0 spiro atoms. The van der Waals surface area contributed by atoms with Crippen molar-refractivity contribution in [2.75, 3.05) is 14.2 Å². The molecule has 2 aromatic heterocycles. The van der Waals surface area contributed by atoms with Crippen LogP contribution in [0.15, 0.2) is 54.6 Å². The van der Waals surface area contributed by atoms with E-state index >= 15 is 0 Å². The van der Waals surface area contributed by atoms with Crippen LogP contribution in [0.5, 0.6) is 11.5 Å². The van der Waals surface area contributed by atoms with Crippen LogP contribution in [0, 0.1) is 6.92 Å². The molecule has 142 valence electrons. The number of ether oxygens (including phenoxy) is 2. The number of imidazole rings is 1. The van der Waals surface area contributed by atoms with Gasteiger partial charge in [-0.25, -0.2) is 9.50 Å². The number of rotatable bonds is 5. The van der Waals surface area contributed by atoms with E-state index < -0.39 is 0 Å². The maximum Gasteiger partial charge on any atom is 0.161 e. The first-order valence-electron chi connectivity index (χ1n) is 9.02. The van der Waals surface area contributed by atoms with Crippen molar-refractivity contribution in [1.82, 2.24) is 14.6 Å². The second-order valence-corrected chi connectivity index (χ2v) is 6.51. The van der Waals surface area contributed by atoms with E-state index in [0.29, 0.717) is 18.0 Å². The minimum Gasteiger partial charge on any atom is -0.493 e. The predicted octanol–water partition coefficient (Wildman–Crippen LogP) is 3.85. The maximum absolute atomic E-state index is 5.72. The Balaban J connectivity index is 1.84. The first-order valence-corrected chi connectivity index (χ1v) is 9.02. The molecular formula is C22H22N4O2. The van der Waals surface area contributed by atoms with Crippen LogP contribution in [0.25, 0.3) is 28.2 Å². The fraction of sp³-hybridized carbons (Fsp3) is 0.182. The summed E-state index contributed by atoms with van der Waals surface area (Å²) in [6.45, 7) is 2.52. The largest absolute Gasteiger partial charge is 0.493 e. The third kappa shape index (κ3) is 3.08. The molecule has 2 aromatic carbocycles. The number of aryl methyl sites for hydroxylation is 1. The van der Waals surface area contributed by atoms with Gasteiger partial charge in [-0.15, -0.1) is 0 Å². The summed E-state index contributed by atoms with van der Waals surface area (Å²) in [5.41, 5.74) is 12.3. The van der Waals surface area contributed by atoms with E-state index in [1.54, 1.807) is 14.2 Å². The van der Waals surface area contributed by atoms with Gasteiger partial charge in [-0.05, 0) is 42.8 Å². The Kier molecular flexibility index (Phi) is 4.71. The van der Waals surface area contributed by atoms with Gasteiger partial charge in [0.05, 0.1) is 31.3 Å². The zero-order valence-corrected chi connectivity index (χ0v) is 16.1. The minimum absolute atomic E-state index is 0.522. The highest BCUT2D eigenvalue weighted by Gasteiger charge is 2.14. The van der Waals surface area contributed by atoms with Gasteiger partial charge in [0, 0.05) is 17.7 Å². The number of fused-ring (bicyclic) bond motifs is 1. The molecule has 6 heteroatoms. The summed E-state index contributed by atoms with van der Waals surface area (Å²) in [6.07, 6.45) is 0. The Morgan fingerprint density at radius 3 is 2.29 bits per heavy atom. The summed E-state index contributed by atoms with van der Waals surface area (Å²) in [4.78, 5) is 4.66. The van der Waals surface area contributed by atoms with Crippen LogP contribution in [-0.2, 0) is 6.54 Å². The molecule has 28 heavy (non-hydrogen) atoms. The fourth-order valence-electron chi connectivity index (χ4n) is 3.32. The van der Waals surface area contributed by atoms with Crippen molar-refractivity contribution >= 4 is 5.65 Å². The lowest BCUT2D eigenvalue weighted by atomic mass is 10.1. The summed E-state index contributed by atoms with van der Waals surface area (Å²) in [5, 5.41) is 4.85. The van der Waals surface area contributed by atoms with Crippen LogP contribution in [0.2, 0.25) is 0 Å². The highest BCUT2D eigenvalue weighted by Crippen LogP contribution is 2.32. The summed E-state index contributed by atoms with van der Waals surface area (Å²) in [6, 6.07) is 17.9. The highest BCUT2D eigenvalue weighted by atomic mass is 16.5. The first-order chi connectivity index (χ1) is 13.6. The Morgan fingerprint density at radius 2 is 1.61 bits per heavy atom. The Bertz CT molecular complexity index is 1130. The number of benzene rings is 2. The molecule has 6 nitrogen and oxygen atoms in total. The van der Waals surface area contributed by atoms with E-state index in [9.17, 15) is 0 Å². The van der Waals surface area contributed by atoms with Gasteiger partial charge in [-0.2, -0.15) is 5.10 Å². The van der Waals surface area contributed by atoms with Gasteiger partial charge < -0.3 is 15.2 Å². The molecule has 0 saturated heterocycles. The first kappa shape index (κ1) is 18.0. The van der Waals surface area contributed by atoms with Crippen LogP contribution < -0.4 is 15.2 Å². The molecule has 0 atom stereocenters. The van der Waals surface area contributed by atoms with Crippen LogP contribution in [0.3, 0.4) is 0 Å². The van der Waals surface area contributed by atoms with Crippen molar-refractivity contribution in [3.63, 3.8) is 0 Å². The van der Waals surface area contributed by atoms with Gasteiger partial charge in [-0.3, -0.25) is 0 Å². The summed E-state index contributed by atoms with van der Waals surface area (Å²) >= 11 is 0. The number of nitrogens with zero attached hydrogens (tertiary/aromatic N) is 3. The second-order valence-electron chi connectivity index (χ2n) is 6.51. The average Bonchev–Trinajstić information content (AvgIpc) is 3.08. The lowest BCUT2D eigenvalue weighted by Crippen LogP contribution is -1.99. The molecule has 0 amide bonds. The minimum atomic E-state index is 0.522. The van der Waals surface area contributed by atoms with Crippen LogP contribution in [0.4, 0.5) is 0 Å². The number of hydrogen-bond acceptors (Lipinski definition) is 5. The third-order valence-corrected chi connectivity index (χ3v) is 4.79. The SMILES string of the molecule is COc1ccc(-c2ccc3nc(C)c(-c4ccc(CN)cc4)n3n2)cc1OC. The monoisotopic (exact) mass is 374 g/mol. The van der Waals surface area contributed by atoms with Crippen molar-refractivity contribution in [3.05, 3.63) is 65.9 Å². The number of methoxy groups -OCH3 is 2. The molecule has 4 aromatic rings. The fourth-order valence-corrected chi connectivity index (χ4v) is 3.32. The van der Waals surface area contributed by atoms with Crippen molar-refractivity contribution in [3.8, 4) is 34.0 Å². The van der Waals surface area contributed by atoms with Gasteiger partial charge >= 0.3 is 0 Å². The molecule has 0 radical (unpaired) electrons. The van der Waals surface area contributed by atoms with E-state index in [4.69, 9.17) is 20.3 Å². The summed E-state index contributed by atoms with van der Waals surface area (Å²) < 4.78 is 12.6. The zero-order valence-electron chi connectivity index (χ0n) is 16.1. The Hall–Kier alpha value is -3.38. The van der Waals surface area contributed by atoms with E-state index in [2.05, 4.69) is 17.1 Å². The predicted molar refractivity (Wildman–Crippen MR) is 110 cm³/mol. The van der Waals surface area contributed by atoms with E-state index in [0.717, 1.165) is 39.4 Å². The Morgan fingerprint density at radius 1 is 0.893 bits per heavy atom. The van der Waals surface area contributed by atoms with Crippen molar-refractivity contribution in [1.29, 1.82) is 0 Å². The average molecular weight is 374 g/mol. The summed E-state index contributed by atoms with van der Waals surface area (Å²) in [5.74, 6) is 1.35. The van der Waals surface area contributed by atoms with Gasteiger partial charge in [0.2, 0.25) is 0 Å². The second kappa shape index (κ2) is 7.32. The van der Waals surface area contributed by atoms with Gasteiger partial charge in [0.1, 0.15) is 0 Å². The molecule has 0 bridgehead atoms. The van der Waals surface area contributed by atoms with Crippen LogP contribution in [0.1, 0.15) is 11.3 Å². The maximum atomic E-state index is 5.72. The molecule has 2 heterocycles. The molecule has 0 aliphatic carbocycles. The third-order valence-electron chi connectivity index (χ3n) is 4.79. The molecule has 0 aliphatic rings. The van der Waals surface area contributed by atoms with Crippen LogP contribution in [-0.4, -0.2) is 28.8 Å². The Labute approximate surface area is 163 Å². The molecule has 0 aliphatic heterocycles. The zero-order chi connectivity index (χ0) is 19.7. The molecular weight excluding hydrogens is 352 g/mol. The number of aromatic nitrogens is 3. The van der Waals surface area contributed by atoms with E-state index in [1.165, 1.54) is 0 Å². The van der Waals surface area contributed by atoms with Crippen molar-refractivity contribution < 1.29 is 9.47 Å². The molecule has 0 fully saturated rings. The molecule has 4 rings (SSSR count). The van der Waals surface area contributed by atoms with E-state index in [1.807, 2.05) is 53.9 Å².